The van der Waals surface area contributed by atoms with Crippen LogP contribution in [-0.4, -0.2) is 67.2 Å². The highest BCUT2D eigenvalue weighted by Crippen LogP contribution is 2.22. The lowest BCUT2D eigenvalue weighted by molar-refractivity contribution is 0.0740. The Morgan fingerprint density at radius 2 is 1.61 bits per heavy atom. The Balaban J connectivity index is 1.38. The van der Waals surface area contributed by atoms with Gasteiger partial charge >= 0.3 is 0 Å². The van der Waals surface area contributed by atoms with Crippen molar-refractivity contribution in [3.63, 3.8) is 0 Å². The van der Waals surface area contributed by atoms with E-state index in [1.54, 1.807) is 7.11 Å². The third-order valence-electron chi connectivity index (χ3n) is 5.56. The molecule has 1 amide bonds. The average Bonchev–Trinajstić information content (AvgIpc) is 2.79. The molecule has 0 saturated carbocycles. The van der Waals surface area contributed by atoms with Crippen LogP contribution in [-0.2, 0) is 0 Å². The van der Waals surface area contributed by atoms with Crippen LogP contribution in [0.15, 0.2) is 36.7 Å². The zero-order valence-corrected chi connectivity index (χ0v) is 16.4. The normalized spacial score (nSPS) is 17.5. The number of carbonyl (C=O) groups is 1. The first-order valence-corrected chi connectivity index (χ1v) is 10.00. The molecule has 148 valence electrons. The molecular weight excluding hydrogens is 354 g/mol. The van der Waals surface area contributed by atoms with Gasteiger partial charge in [0.15, 0.2) is 0 Å². The van der Waals surface area contributed by atoms with Crippen LogP contribution >= 0.6 is 0 Å². The number of rotatable bonds is 4. The number of anilines is 2. The number of benzene rings is 1. The number of carbonyl (C=O) groups excluding carboxylic acids is 1. The first-order chi connectivity index (χ1) is 13.7. The molecule has 0 bridgehead atoms. The van der Waals surface area contributed by atoms with Crippen molar-refractivity contribution in [2.24, 2.45) is 0 Å². The second-order valence-electron chi connectivity index (χ2n) is 7.29. The predicted molar refractivity (Wildman–Crippen MR) is 109 cm³/mol. The summed E-state index contributed by atoms with van der Waals surface area (Å²) in [6, 6.07) is 9.91. The lowest BCUT2D eigenvalue weighted by atomic mass is 10.1. The van der Waals surface area contributed by atoms with E-state index in [4.69, 9.17) is 4.74 Å². The van der Waals surface area contributed by atoms with Crippen LogP contribution in [0.1, 0.15) is 29.8 Å². The largest absolute Gasteiger partial charge is 0.497 e. The molecule has 0 atom stereocenters. The Bertz CT molecular complexity index is 797. The smallest absolute Gasteiger partial charge is 0.272 e. The van der Waals surface area contributed by atoms with Gasteiger partial charge in [0.1, 0.15) is 23.6 Å². The second kappa shape index (κ2) is 8.46. The molecule has 0 unspecified atom stereocenters. The zero-order valence-electron chi connectivity index (χ0n) is 16.4. The number of methoxy groups -OCH3 is 1. The van der Waals surface area contributed by atoms with E-state index in [9.17, 15) is 4.79 Å². The Morgan fingerprint density at radius 1 is 0.893 bits per heavy atom. The van der Waals surface area contributed by atoms with Crippen molar-refractivity contribution in [1.82, 2.24) is 14.9 Å². The molecule has 1 aromatic carbocycles. The summed E-state index contributed by atoms with van der Waals surface area (Å²) < 4.78 is 5.22. The molecule has 1 aromatic heterocycles. The number of nitrogens with zero attached hydrogens (tertiary/aromatic N) is 5. The number of hydrogen-bond donors (Lipinski definition) is 0. The standard InChI is InChI=1S/C21H27N5O2/c1-28-18-7-5-17(6-8-18)24-11-13-26(14-12-24)21(27)19-15-20(23-16-22-19)25-9-3-2-4-10-25/h5-8,15-16H,2-4,9-14H2,1H3. The molecule has 4 rings (SSSR count). The molecule has 2 saturated heterocycles. The van der Waals surface area contributed by atoms with E-state index in [2.05, 4.69) is 31.9 Å². The monoisotopic (exact) mass is 381 g/mol. The van der Waals surface area contributed by atoms with Crippen molar-refractivity contribution in [2.75, 3.05) is 56.2 Å². The van der Waals surface area contributed by atoms with Crippen LogP contribution < -0.4 is 14.5 Å². The van der Waals surface area contributed by atoms with E-state index in [-0.39, 0.29) is 5.91 Å². The third kappa shape index (κ3) is 4.03. The van der Waals surface area contributed by atoms with Gasteiger partial charge in [0.25, 0.3) is 5.91 Å². The van der Waals surface area contributed by atoms with Crippen LogP contribution in [0, 0.1) is 0 Å². The Hall–Kier alpha value is -2.83. The van der Waals surface area contributed by atoms with Gasteiger partial charge in [0.2, 0.25) is 0 Å². The molecule has 0 aliphatic carbocycles. The molecule has 0 N–H and O–H groups in total. The molecular formula is C21H27N5O2. The van der Waals surface area contributed by atoms with Crippen LogP contribution in [0.2, 0.25) is 0 Å². The van der Waals surface area contributed by atoms with E-state index in [0.717, 1.165) is 43.4 Å². The van der Waals surface area contributed by atoms with Gasteiger partial charge in [0, 0.05) is 51.0 Å². The topological polar surface area (TPSA) is 61.8 Å². The van der Waals surface area contributed by atoms with E-state index >= 15 is 0 Å². The summed E-state index contributed by atoms with van der Waals surface area (Å²) in [6.45, 7) is 5.00. The van der Waals surface area contributed by atoms with E-state index in [1.807, 2.05) is 23.1 Å². The molecule has 2 aliphatic rings. The van der Waals surface area contributed by atoms with Gasteiger partial charge in [0.05, 0.1) is 7.11 Å². The first kappa shape index (κ1) is 18.5. The van der Waals surface area contributed by atoms with Crippen molar-refractivity contribution in [3.8, 4) is 5.75 Å². The molecule has 3 heterocycles. The van der Waals surface area contributed by atoms with Crippen molar-refractivity contribution < 1.29 is 9.53 Å². The van der Waals surface area contributed by atoms with E-state index < -0.39 is 0 Å². The Kier molecular flexibility index (Phi) is 5.60. The molecule has 2 aromatic rings. The van der Waals surface area contributed by atoms with Crippen molar-refractivity contribution in [3.05, 3.63) is 42.4 Å². The van der Waals surface area contributed by atoms with Crippen molar-refractivity contribution in [2.45, 2.75) is 19.3 Å². The fourth-order valence-electron chi connectivity index (χ4n) is 3.88. The highest BCUT2D eigenvalue weighted by atomic mass is 16.5. The second-order valence-corrected chi connectivity index (χ2v) is 7.29. The van der Waals surface area contributed by atoms with Crippen LogP contribution in [0.25, 0.3) is 0 Å². The molecule has 0 spiro atoms. The number of piperazine rings is 1. The summed E-state index contributed by atoms with van der Waals surface area (Å²) in [4.78, 5) is 28.0. The van der Waals surface area contributed by atoms with E-state index in [1.165, 1.54) is 25.6 Å². The minimum absolute atomic E-state index is 0.00459. The molecule has 2 fully saturated rings. The fraction of sp³-hybridized carbons (Fsp3) is 0.476. The quantitative estimate of drug-likeness (QED) is 0.811. The highest BCUT2D eigenvalue weighted by Gasteiger charge is 2.24. The summed E-state index contributed by atoms with van der Waals surface area (Å²) in [7, 11) is 1.67. The first-order valence-electron chi connectivity index (χ1n) is 10.00. The minimum Gasteiger partial charge on any atom is -0.497 e. The van der Waals surface area contributed by atoms with Gasteiger partial charge in [-0.3, -0.25) is 4.79 Å². The lowest BCUT2D eigenvalue weighted by Crippen LogP contribution is -2.49. The number of hydrogen-bond acceptors (Lipinski definition) is 6. The fourth-order valence-corrected chi connectivity index (χ4v) is 3.88. The summed E-state index contributed by atoms with van der Waals surface area (Å²) in [5.74, 6) is 1.72. The maximum Gasteiger partial charge on any atom is 0.272 e. The van der Waals surface area contributed by atoms with Crippen LogP contribution in [0.3, 0.4) is 0 Å². The summed E-state index contributed by atoms with van der Waals surface area (Å²) in [6.07, 6.45) is 5.15. The number of piperidine rings is 1. The van der Waals surface area contributed by atoms with Crippen molar-refractivity contribution in [1.29, 1.82) is 0 Å². The maximum atomic E-state index is 12.9. The van der Waals surface area contributed by atoms with Crippen LogP contribution in [0.4, 0.5) is 11.5 Å². The van der Waals surface area contributed by atoms with E-state index in [0.29, 0.717) is 18.8 Å². The Morgan fingerprint density at radius 3 is 2.29 bits per heavy atom. The summed E-state index contributed by atoms with van der Waals surface area (Å²) >= 11 is 0. The van der Waals surface area contributed by atoms with Gasteiger partial charge in [-0.25, -0.2) is 9.97 Å². The molecule has 7 heteroatoms. The maximum absolute atomic E-state index is 12.9. The van der Waals surface area contributed by atoms with Gasteiger partial charge in [-0.15, -0.1) is 0 Å². The molecule has 7 nitrogen and oxygen atoms in total. The van der Waals surface area contributed by atoms with Crippen LogP contribution in [0.5, 0.6) is 5.75 Å². The van der Waals surface area contributed by atoms with Crippen molar-refractivity contribution >= 4 is 17.4 Å². The molecule has 28 heavy (non-hydrogen) atoms. The molecule has 2 aliphatic heterocycles. The van der Waals surface area contributed by atoms with Gasteiger partial charge in [-0.1, -0.05) is 0 Å². The van der Waals surface area contributed by atoms with Gasteiger partial charge in [-0.2, -0.15) is 0 Å². The number of amides is 1. The Labute approximate surface area is 165 Å². The lowest BCUT2D eigenvalue weighted by Gasteiger charge is -2.36. The number of aromatic nitrogens is 2. The van der Waals surface area contributed by atoms with Gasteiger partial charge < -0.3 is 19.4 Å². The third-order valence-corrected chi connectivity index (χ3v) is 5.56. The zero-order chi connectivity index (χ0) is 19.3. The summed E-state index contributed by atoms with van der Waals surface area (Å²) in [5, 5.41) is 0. The predicted octanol–water partition coefficient (Wildman–Crippen LogP) is 2.44. The number of ether oxygens (including phenoxy) is 1. The minimum atomic E-state index is -0.00459. The summed E-state index contributed by atoms with van der Waals surface area (Å²) in [5.41, 5.74) is 1.65. The SMILES string of the molecule is COc1ccc(N2CCN(C(=O)c3cc(N4CCCCC4)ncn3)CC2)cc1. The highest BCUT2D eigenvalue weighted by molar-refractivity contribution is 5.93. The molecule has 0 radical (unpaired) electrons. The average molecular weight is 381 g/mol. The van der Waals surface area contributed by atoms with Gasteiger partial charge in [-0.05, 0) is 43.5 Å².